The van der Waals surface area contributed by atoms with Crippen molar-refractivity contribution >= 4 is 10.1 Å². The summed E-state index contributed by atoms with van der Waals surface area (Å²) < 4.78 is 33.8. The van der Waals surface area contributed by atoms with E-state index in [0.29, 0.717) is 12.5 Å². The highest BCUT2D eigenvalue weighted by molar-refractivity contribution is 7.86. The Morgan fingerprint density at radius 2 is 2.00 bits per heavy atom. The van der Waals surface area contributed by atoms with Crippen LogP contribution >= 0.6 is 0 Å². The number of benzene rings is 1. The Labute approximate surface area is 102 Å². The van der Waals surface area contributed by atoms with Gasteiger partial charge in [-0.2, -0.15) is 8.42 Å². The van der Waals surface area contributed by atoms with Gasteiger partial charge in [-0.1, -0.05) is 24.6 Å². The van der Waals surface area contributed by atoms with Gasteiger partial charge in [-0.3, -0.25) is 4.18 Å². The molecule has 1 fully saturated rings. The van der Waals surface area contributed by atoms with E-state index in [1.807, 2.05) is 13.8 Å². The Bertz CT molecular complexity index is 478. The third-order valence-electron chi connectivity index (χ3n) is 2.90. The van der Waals surface area contributed by atoms with Gasteiger partial charge in [0, 0.05) is 5.92 Å². The Morgan fingerprint density at radius 3 is 2.47 bits per heavy atom. The number of hydrogen-bond donors (Lipinski definition) is 0. The lowest BCUT2D eigenvalue weighted by Crippen LogP contribution is -2.41. The number of aryl methyl sites for hydroxylation is 1. The standard InChI is InChI=1S/C12H16O4S/c1-9-3-5-11(6-4-9)17(13,14)16-8-12-10(2)7-15-12/h3-6,10,12H,7-8H2,1-2H3/t10-,12+/m1/s1. The summed E-state index contributed by atoms with van der Waals surface area (Å²) in [6.45, 7) is 4.69. The summed E-state index contributed by atoms with van der Waals surface area (Å²) in [4.78, 5) is 0.190. The van der Waals surface area contributed by atoms with Crippen molar-refractivity contribution in [1.29, 1.82) is 0 Å². The highest BCUT2D eigenvalue weighted by Gasteiger charge is 2.30. The molecule has 1 aromatic rings. The third-order valence-corrected chi connectivity index (χ3v) is 4.20. The van der Waals surface area contributed by atoms with E-state index in [-0.39, 0.29) is 17.6 Å². The molecule has 0 aliphatic carbocycles. The fourth-order valence-electron chi connectivity index (χ4n) is 1.57. The van der Waals surface area contributed by atoms with Crippen molar-refractivity contribution in [1.82, 2.24) is 0 Å². The lowest BCUT2D eigenvalue weighted by atomic mass is 10.0. The molecule has 1 aliphatic rings. The second-order valence-corrected chi connectivity index (χ2v) is 6.02. The summed E-state index contributed by atoms with van der Waals surface area (Å²) in [6.07, 6.45) is -0.102. The normalized spacial score (nSPS) is 24.4. The summed E-state index contributed by atoms with van der Waals surface area (Å²) in [5, 5.41) is 0. The van der Waals surface area contributed by atoms with Crippen LogP contribution in [0, 0.1) is 12.8 Å². The zero-order valence-corrected chi connectivity index (χ0v) is 10.7. The molecule has 2 rings (SSSR count). The molecule has 0 N–H and O–H groups in total. The van der Waals surface area contributed by atoms with Crippen molar-refractivity contribution in [2.75, 3.05) is 13.2 Å². The molecule has 0 radical (unpaired) electrons. The van der Waals surface area contributed by atoms with Gasteiger partial charge in [0.25, 0.3) is 10.1 Å². The maximum Gasteiger partial charge on any atom is 0.297 e. The molecule has 4 nitrogen and oxygen atoms in total. The Hall–Kier alpha value is -0.910. The number of rotatable bonds is 4. The molecular weight excluding hydrogens is 240 g/mol. The van der Waals surface area contributed by atoms with Gasteiger partial charge in [-0.05, 0) is 19.1 Å². The molecule has 94 valence electrons. The van der Waals surface area contributed by atoms with Crippen LogP contribution in [0.25, 0.3) is 0 Å². The molecule has 17 heavy (non-hydrogen) atoms. The highest BCUT2D eigenvalue weighted by Crippen LogP contribution is 2.21. The van der Waals surface area contributed by atoms with E-state index in [1.165, 1.54) is 0 Å². The van der Waals surface area contributed by atoms with Crippen LogP contribution in [0.4, 0.5) is 0 Å². The lowest BCUT2D eigenvalue weighted by Gasteiger charge is -2.33. The van der Waals surface area contributed by atoms with Gasteiger partial charge in [-0.25, -0.2) is 0 Å². The van der Waals surface area contributed by atoms with Crippen LogP contribution in [-0.4, -0.2) is 27.7 Å². The maximum absolute atomic E-state index is 11.8. The van der Waals surface area contributed by atoms with E-state index >= 15 is 0 Å². The summed E-state index contributed by atoms with van der Waals surface area (Å²) >= 11 is 0. The average molecular weight is 256 g/mol. The predicted molar refractivity (Wildman–Crippen MR) is 63.2 cm³/mol. The summed E-state index contributed by atoms with van der Waals surface area (Å²) in [7, 11) is -3.65. The second kappa shape index (κ2) is 4.76. The number of hydrogen-bond acceptors (Lipinski definition) is 4. The van der Waals surface area contributed by atoms with Crippen LogP contribution in [0.1, 0.15) is 12.5 Å². The molecule has 0 unspecified atom stereocenters. The fraction of sp³-hybridized carbons (Fsp3) is 0.500. The Kier molecular flexibility index (Phi) is 3.51. The van der Waals surface area contributed by atoms with Crippen molar-refractivity contribution in [2.24, 2.45) is 5.92 Å². The van der Waals surface area contributed by atoms with E-state index in [2.05, 4.69) is 0 Å². The maximum atomic E-state index is 11.8. The van der Waals surface area contributed by atoms with Gasteiger partial charge in [0.15, 0.2) is 0 Å². The Balaban J connectivity index is 2.01. The van der Waals surface area contributed by atoms with Gasteiger partial charge in [0.1, 0.15) is 0 Å². The molecule has 1 heterocycles. The minimum atomic E-state index is -3.65. The van der Waals surface area contributed by atoms with E-state index in [4.69, 9.17) is 8.92 Å². The topological polar surface area (TPSA) is 52.6 Å². The van der Waals surface area contributed by atoms with Gasteiger partial charge < -0.3 is 4.74 Å². The largest absolute Gasteiger partial charge is 0.375 e. The summed E-state index contributed by atoms with van der Waals surface area (Å²) in [6, 6.07) is 6.60. The van der Waals surface area contributed by atoms with E-state index in [0.717, 1.165) is 5.56 Å². The van der Waals surface area contributed by atoms with E-state index in [1.54, 1.807) is 24.3 Å². The van der Waals surface area contributed by atoms with Gasteiger partial charge in [-0.15, -0.1) is 0 Å². The zero-order chi connectivity index (χ0) is 12.5. The van der Waals surface area contributed by atoms with Crippen molar-refractivity contribution in [3.63, 3.8) is 0 Å². The smallest absolute Gasteiger partial charge is 0.297 e. The SMILES string of the molecule is Cc1ccc(S(=O)(=O)OC[C@@H]2OC[C@H]2C)cc1. The number of ether oxygens (including phenoxy) is 1. The van der Waals surface area contributed by atoms with Crippen LogP contribution in [0.15, 0.2) is 29.2 Å². The first-order valence-corrected chi connectivity index (χ1v) is 6.97. The van der Waals surface area contributed by atoms with Crippen molar-refractivity contribution < 1.29 is 17.3 Å². The molecule has 0 saturated carbocycles. The fourth-order valence-corrected chi connectivity index (χ4v) is 2.49. The monoisotopic (exact) mass is 256 g/mol. The van der Waals surface area contributed by atoms with Crippen molar-refractivity contribution in [3.8, 4) is 0 Å². The summed E-state index contributed by atoms with van der Waals surface area (Å²) in [5.41, 5.74) is 1.01. The van der Waals surface area contributed by atoms with Gasteiger partial charge in [0.05, 0.1) is 24.2 Å². The van der Waals surface area contributed by atoms with Crippen LogP contribution in [0.5, 0.6) is 0 Å². The van der Waals surface area contributed by atoms with Gasteiger partial charge >= 0.3 is 0 Å². The molecule has 0 bridgehead atoms. The van der Waals surface area contributed by atoms with E-state index < -0.39 is 10.1 Å². The predicted octanol–water partition coefficient (Wildman–Crippen LogP) is 1.74. The van der Waals surface area contributed by atoms with Crippen molar-refractivity contribution in [3.05, 3.63) is 29.8 Å². The van der Waals surface area contributed by atoms with Gasteiger partial charge in [0.2, 0.25) is 0 Å². The Morgan fingerprint density at radius 1 is 1.35 bits per heavy atom. The van der Waals surface area contributed by atoms with Crippen LogP contribution < -0.4 is 0 Å². The summed E-state index contributed by atoms with van der Waals surface area (Å²) in [5.74, 6) is 0.364. The third kappa shape index (κ3) is 2.86. The molecule has 0 amide bonds. The quantitative estimate of drug-likeness (QED) is 0.770. The molecule has 1 aromatic carbocycles. The average Bonchev–Trinajstić information content (AvgIpc) is 2.27. The first-order chi connectivity index (χ1) is 7.99. The second-order valence-electron chi connectivity index (χ2n) is 4.40. The first-order valence-electron chi connectivity index (χ1n) is 5.57. The molecule has 1 saturated heterocycles. The molecule has 5 heteroatoms. The zero-order valence-electron chi connectivity index (χ0n) is 9.92. The van der Waals surface area contributed by atoms with Crippen molar-refractivity contribution in [2.45, 2.75) is 24.8 Å². The molecule has 2 atom stereocenters. The first kappa shape index (κ1) is 12.5. The molecule has 0 spiro atoms. The lowest BCUT2D eigenvalue weighted by molar-refractivity contribution is -0.122. The van der Waals surface area contributed by atoms with Crippen LogP contribution in [-0.2, 0) is 19.0 Å². The van der Waals surface area contributed by atoms with Crippen LogP contribution in [0.2, 0.25) is 0 Å². The van der Waals surface area contributed by atoms with Crippen LogP contribution in [0.3, 0.4) is 0 Å². The van der Waals surface area contributed by atoms with E-state index in [9.17, 15) is 8.42 Å². The molecule has 1 aliphatic heterocycles. The minimum Gasteiger partial charge on any atom is -0.375 e. The minimum absolute atomic E-state index is 0.0946. The highest BCUT2D eigenvalue weighted by atomic mass is 32.2. The molecule has 0 aromatic heterocycles. The molecular formula is C12H16O4S.